The van der Waals surface area contributed by atoms with Crippen LogP contribution in [0.3, 0.4) is 0 Å². The van der Waals surface area contributed by atoms with Crippen LogP contribution in [0.4, 0.5) is 0 Å². The van der Waals surface area contributed by atoms with Gasteiger partial charge in [0.1, 0.15) is 4.88 Å². The molecule has 0 N–H and O–H groups in total. The number of amides is 1. The normalized spacial score (nSPS) is 18.9. The first kappa shape index (κ1) is 15.0. The van der Waals surface area contributed by atoms with Gasteiger partial charge in [-0.15, -0.1) is 11.3 Å². The number of carbonyl (C=O) groups is 2. The summed E-state index contributed by atoms with van der Waals surface area (Å²) in [5.74, 6) is -0.397. The van der Waals surface area contributed by atoms with Gasteiger partial charge in [-0.25, -0.2) is 4.98 Å². The quantitative estimate of drug-likeness (QED) is 0.802. The summed E-state index contributed by atoms with van der Waals surface area (Å²) in [5.41, 5.74) is 0.774. The lowest BCUT2D eigenvalue weighted by molar-refractivity contribution is -0.149. The number of nitrogens with zero attached hydrogens (tertiary/aromatic N) is 2. The maximum Gasteiger partial charge on any atom is 0.310 e. The summed E-state index contributed by atoms with van der Waals surface area (Å²) < 4.78 is 5.06. The van der Waals surface area contributed by atoms with Gasteiger partial charge in [0.2, 0.25) is 0 Å². The number of likely N-dealkylation sites (tertiary alicyclic amines) is 1. The van der Waals surface area contributed by atoms with Crippen molar-refractivity contribution in [2.24, 2.45) is 5.92 Å². The molecule has 1 fully saturated rings. The second-order valence-corrected chi connectivity index (χ2v) is 6.19. The predicted molar refractivity (Wildman–Crippen MR) is 76.8 cm³/mol. The Kier molecular flexibility index (Phi) is 4.75. The second-order valence-electron chi connectivity index (χ2n) is 4.99. The zero-order valence-electron chi connectivity index (χ0n) is 12.1. The fourth-order valence-electron chi connectivity index (χ4n) is 2.49. The lowest BCUT2D eigenvalue weighted by atomic mass is 9.98. The molecule has 1 aliphatic rings. The molecule has 1 amide bonds. The van der Waals surface area contributed by atoms with Crippen LogP contribution in [0.1, 0.15) is 40.1 Å². The molecule has 1 aromatic rings. The van der Waals surface area contributed by atoms with Crippen LogP contribution in [0.25, 0.3) is 0 Å². The third kappa shape index (κ3) is 3.17. The van der Waals surface area contributed by atoms with E-state index in [4.69, 9.17) is 4.74 Å². The zero-order valence-corrected chi connectivity index (χ0v) is 13.0. The molecule has 1 aliphatic heterocycles. The van der Waals surface area contributed by atoms with Gasteiger partial charge in [0.15, 0.2) is 0 Å². The van der Waals surface area contributed by atoms with E-state index < -0.39 is 0 Å². The SMILES string of the molecule is CCOC(=O)[C@H]1CCCN(C(=O)c2sc(C)nc2C)C1. The maximum atomic E-state index is 12.5. The van der Waals surface area contributed by atoms with Crippen LogP contribution in [0, 0.1) is 19.8 Å². The van der Waals surface area contributed by atoms with Crippen LogP contribution in [-0.4, -0.2) is 41.5 Å². The fourth-order valence-corrected chi connectivity index (χ4v) is 3.38. The van der Waals surface area contributed by atoms with Crippen LogP contribution < -0.4 is 0 Å². The minimum atomic E-state index is -0.193. The highest BCUT2D eigenvalue weighted by atomic mass is 32.1. The average Bonchev–Trinajstić information content (AvgIpc) is 2.77. The van der Waals surface area contributed by atoms with Gasteiger partial charge in [-0.05, 0) is 33.6 Å². The molecule has 5 nitrogen and oxygen atoms in total. The Labute approximate surface area is 122 Å². The van der Waals surface area contributed by atoms with E-state index in [0.717, 1.165) is 23.5 Å². The standard InChI is InChI=1S/C14H20N2O3S/c1-4-19-14(18)11-6-5-7-16(8-11)13(17)12-9(2)15-10(3)20-12/h11H,4-8H2,1-3H3/t11-/m0/s1. The van der Waals surface area contributed by atoms with Gasteiger partial charge in [0, 0.05) is 13.1 Å². The summed E-state index contributed by atoms with van der Waals surface area (Å²) in [4.78, 5) is 31.0. The fraction of sp³-hybridized carbons (Fsp3) is 0.643. The molecule has 2 heterocycles. The van der Waals surface area contributed by atoms with Crippen LogP contribution in [0.15, 0.2) is 0 Å². The van der Waals surface area contributed by atoms with Gasteiger partial charge in [-0.2, -0.15) is 0 Å². The monoisotopic (exact) mass is 296 g/mol. The smallest absolute Gasteiger partial charge is 0.310 e. The van der Waals surface area contributed by atoms with Crippen molar-refractivity contribution in [3.05, 3.63) is 15.6 Å². The largest absolute Gasteiger partial charge is 0.466 e. The molecule has 0 bridgehead atoms. The third-order valence-corrected chi connectivity index (χ3v) is 4.49. The Bertz CT molecular complexity index is 513. The van der Waals surface area contributed by atoms with E-state index in [0.29, 0.717) is 24.6 Å². The topological polar surface area (TPSA) is 59.5 Å². The molecule has 1 aromatic heterocycles. The zero-order chi connectivity index (χ0) is 14.7. The van der Waals surface area contributed by atoms with E-state index in [1.165, 1.54) is 11.3 Å². The minimum absolute atomic E-state index is 0.0119. The molecule has 1 saturated heterocycles. The van der Waals surface area contributed by atoms with Gasteiger partial charge in [0.25, 0.3) is 5.91 Å². The number of thiazole rings is 1. The number of carbonyl (C=O) groups excluding carboxylic acids is 2. The first-order chi connectivity index (χ1) is 9.52. The highest BCUT2D eigenvalue weighted by molar-refractivity contribution is 7.13. The van der Waals surface area contributed by atoms with Gasteiger partial charge < -0.3 is 9.64 Å². The van der Waals surface area contributed by atoms with E-state index in [1.807, 2.05) is 13.8 Å². The van der Waals surface area contributed by atoms with E-state index in [-0.39, 0.29) is 17.8 Å². The van der Waals surface area contributed by atoms with Crippen LogP contribution in [-0.2, 0) is 9.53 Å². The highest BCUT2D eigenvalue weighted by Gasteiger charge is 2.31. The van der Waals surface area contributed by atoms with Crippen LogP contribution in [0.2, 0.25) is 0 Å². The molecule has 0 unspecified atom stereocenters. The third-order valence-electron chi connectivity index (χ3n) is 3.43. The Morgan fingerprint density at radius 2 is 2.20 bits per heavy atom. The molecule has 0 spiro atoms. The first-order valence-corrected chi connectivity index (χ1v) is 7.74. The van der Waals surface area contributed by atoms with Crippen molar-refractivity contribution in [2.75, 3.05) is 19.7 Å². The summed E-state index contributed by atoms with van der Waals surface area (Å²) in [6.07, 6.45) is 1.63. The summed E-state index contributed by atoms with van der Waals surface area (Å²) in [6, 6.07) is 0. The number of hydrogen-bond donors (Lipinski definition) is 0. The second kappa shape index (κ2) is 6.35. The van der Waals surface area contributed by atoms with Crippen molar-refractivity contribution >= 4 is 23.2 Å². The van der Waals surface area contributed by atoms with Gasteiger partial charge in [-0.1, -0.05) is 0 Å². The first-order valence-electron chi connectivity index (χ1n) is 6.92. The molecule has 1 atom stereocenters. The number of hydrogen-bond acceptors (Lipinski definition) is 5. The van der Waals surface area contributed by atoms with Crippen LogP contribution >= 0.6 is 11.3 Å². The number of rotatable bonds is 3. The molecule has 110 valence electrons. The van der Waals surface area contributed by atoms with Crippen molar-refractivity contribution in [1.82, 2.24) is 9.88 Å². The molecule has 20 heavy (non-hydrogen) atoms. The molecule has 6 heteroatoms. The van der Waals surface area contributed by atoms with Crippen molar-refractivity contribution in [2.45, 2.75) is 33.6 Å². The highest BCUT2D eigenvalue weighted by Crippen LogP contribution is 2.24. The van der Waals surface area contributed by atoms with Crippen molar-refractivity contribution in [1.29, 1.82) is 0 Å². The Balaban J connectivity index is 2.07. The minimum Gasteiger partial charge on any atom is -0.466 e. The molecular formula is C14H20N2O3S. The number of esters is 1. The lowest BCUT2D eigenvalue weighted by Gasteiger charge is -2.31. The van der Waals surface area contributed by atoms with Crippen molar-refractivity contribution in [3.8, 4) is 0 Å². The summed E-state index contributed by atoms with van der Waals surface area (Å²) in [6.45, 7) is 7.08. The predicted octanol–water partition coefficient (Wildman–Crippen LogP) is 2.18. The lowest BCUT2D eigenvalue weighted by Crippen LogP contribution is -2.42. The summed E-state index contributed by atoms with van der Waals surface area (Å²) >= 11 is 1.42. The number of piperidine rings is 1. The molecular weight excluding hydrogens is 276 g/mol. The summed E-state index contributed by atoms with van der Waals surface area (Å²) in [5, 5.41) is 0.893. The van der Waals surface area contributed by atoms with Crippen molar-refractivity contribution in [3.63, 3.8) is 0 Å². The number of aryl methyl sites for hydroxylation is 2. The average molecular weight is 296 g/mol. The van der Waals surface area contributed by atoms with Gasteiger partial charge in [0.05, 0.1) is 23.2 Å². The molecule has 0 radical (unpaired) electrons. The summed E-state index contributed by atoms with van der Waals surface area (Å²) in [7, 11) is 0. The molecule has 0 aromatic carbocycles. The molecule has 2 rings (SSSR count). The van der Waals surface area contributed by atoms with Gasteiger partial charge in [-0.3, -0.25) is 9.59 Å². The van der Waals surface area contributed by atoms with E-state index >= 15 is 0 Å². The number of ether oxygens (including phenoxy) is 1. The van der Waals surface area contributed by atoms with Crippen LogP contribution in [0.5, 0.6) is 0 Å². The number of aromatic nitrogens is 1. The maximum absolute atomic E-state index is 12.5. The Hall–Kier alpha value is -1.43. The van der Waals surface area contributed by atoms with E-state index in [1.54, 1.807) is 11.8 Å². The van der Waals surface area contributed by atoms with Crippen molar-refractivity contribution < 1.29 is 14.3 Å². The Morgan fingerprint density at radius 1 is 1.45 bits per heavy atom. The molecule has 0 saturated carbocycles. The van der Waals surface area contributed by atoms with E-state index in [2.05, 4.69) is 4.98 Å². The Morgan fingerprint density at radius 3 is 2.80 bits per heavy atom. The van der Waals surface area contributed by atoms with E-state index in [9.17, 15) is 9.59 Å². The molecule has 0 aliphatic carbocycles. The van der Waals surface area contributed by atoms with Gasteiger partial charge >= 0.3 is 5.97 Å².